The fourth-order valence-electron chi connectivity index (χ4n) is 3.31. The highest BCUT2D eigenvalue weighted by atomic mass is 35.5. The third kappa shape index (κ3) is 5.88. The summed E-state index contributed by atoms with van der Waals surface area (Å²) in [5, 5.41) is 3.60. The lowest BCUT2D eigenvalue weighted by atomic mass is 9.96. The van der Waals surface area contributed by atoms with Crippen molar-refractivity contribution in [1.82, 2.24) is 10.2 Å². The number of rotatable bonds is 5. The van der Waals surface area contributed by atoms with Gasteiger partial charge in [-0.1, -0.05) is 23.7 Å². The molecule has 1 aliphatic heterocycles. The number of carbonyl (C=O) groups excluding carboxylic acids is 2. The summed E-state index contributed by atoms with van der Waals surface area (Å²) in [6.07, 6.45) is 2.39. The lowest BCUT2D eigenvalue weighted by Crippen LogP contribution is -2.45. The lowest BCUT2D eigenvalue weighted by Gasteiger charge is -2.32. The Balaban J connectivity index is 0.00000280. The number of amides is 2. The van der Waals surface area contributed by atoms with Gasteiger partial charge in [0.25, 0.3) is 5.91 Å². The number of carbonyl (C=O) groups is 2. The molecule has 0 spiro atoms. The van der Waals surface area contributed by atoms with Gasteiger partial charge < -0.3 is 16.0 Å². The van der Waals surface area contributed by atoms with Crippen molar-refractivity contribution < 1.29 is 9.59 Å². The molecule has 0 radical (unpaired) electrons. The highest BCUT2D eigenvalue weighted by molar-refractivity contribution is 6.30. The van der Waals surface area contributed by atoms with Crippen LogP contribution in [0, 0.1) is 5.92 Å². The first-order valence-corrected chi connectivity index (χ1v) is 9.57. The summed E-state index contributed by atoms with van der Waals surface area (Å²) < 4.78 is 0. The summed E-state index contributed by atoms with van der Waals surface area (Å²) in [6, 6.07) is 14.5. The highest BCUT2D eigenvalue weighted by Crippen LogP contribution is 2.20. The van der Waals surface area contributed by atoms with E-state index in [2.05, 4.69) is 5.32 Å². The zero-order chi connectivity index (χ0) is 19.2. The van der Waals surface area contributed by atoms with Crippen LogP contribution < -0.4 is 11.1 Å². The van der Waals surface area contributed by atoms with Crippen molar-refractivity contribution in [1.29, 1.82) is 0 Å². The minimum Gasteiger partial charge on any atom is -0.399 e. The van der Waals surface area contributed by atoms with Gasteiger partial charge in [0.15, 0.2) is 0 Å². The third-order valence-corrected chi connectivity index (χ3v) is 5.12. The van der Waals surface area contributed by atoms with Crippen molar-refractivity contribution in [2.45, 2.75) is 19.3 Å². The van der Waals surface area contributed by atoms with Gasteiger partial charge in [-0.2, -0.15) is 0 Å². The molecule has 5 nitrogen and oxygen atoms in total. The summed E-state index contributed by atoms with van der Waals surface area (Å²) in [6.45, 7) is 1.70. The van der Waals surface area contributed by atoms with Gasteiger partial charge in [0.2, 0.25) is 5.91 Å². The van der Waals surface area contributed by atoms with E-state index in [0.29, 0.717) is 30.2 Å². The number of halogens is 2. The third-order valence-electron chi connectivity index (χ3n) is 4.86. The minimum atomic E-state index is -0.165. The topological polar surface area (TPSA) is 75.4 Å². The molecule has 1 aliphatic rings. The molecule has 1 atom stereocenters. The Morgan fingerprint density at radius 2 is 1.79 bits per heavy atom. The van der Waals surface area contributed by atoms with Gasteiger partial charge >= 0.3 is 0 Å². The monoisotopic (exact) mass is 421 g/mol. The Hall–Kier alpha value is -2.24. The molecule has 7 heteroatoms. The number of nitrogen functional groups attached to an aromatic ring is 1. The first-order chi connectivity index (χ1) is 13.0. The number of nitrogens with zero attached hydrogens (tertiary/aromatic N) is 1. The molecule has 2 aromatic carbocycles. The van der Waals surface area contributed by atoms with Crippen LogP contribution in [0.3, 0.4) is 0 Å². The number of nitrogens with one attached hydrogen (secondary N) is 1. The SMILES string of the molecule is Cl.Nc1ccc(CCNC(=O)C2CCCN(C(=O)c3ccc(Cl)cc3)C2)cc1. The fraction of sp³-hybridized carbons (Fsp3) is 0.333. The van der Waals surface area contributed by atoms with Gasteiger partial charge in [-0.25, -0.2) is 0 Å². The van der Waals surface area contributed by atoms with Crippen molar-refractivity contribution in [2.75, 3.05) is 25.4 Å². The number of hydrogen-bond acceptors (Lipinski definition) is 3. The van der Waals surface area contributed by atoms with Crippen LogP contribution in [0.2, 0.25) is 5.02 Å². The van der Waals surface area contributed by atoms with E-state index in [1.807, 2.05) is 24.3 Å². The summed E-state index contributed by atoms with van der Waals surface area (Å²) in [5.74, 6) is -0.202. The average molecular weight is 422 g/mol. The molecule has 0 saturated carbocycles. The summed E-state index contributed by atoms with van der Waals surface area (Å²) in [4.78, 5) is 26.9. The van der Waals surface area contributed by atoms with Crippen LogP contribution in [0.1, 0.15) is 28.8 Å². The molecule has 0 aliphatic carbocycles. The number of anilines is 1. The zero-order valence-electron chi connectivity index (χ0n) is 15.6. The average Bonchev–Trinajstić information content (AvgIpc) is 2.69. The Kier molecular flexibility index (Phi) is 8.15. The molecule has 1 saturated heterocycles. The van der Waals surface area contributed by atoms with E-state index >= 15 is 0 Å². The second kappa shape index (κ2) is 10.3. The second-order valence-electron chi connectivity index (χ2n) is 6.88. The molecule has 1 fully saturated rings. The van der Waals surface area contributed by atoms with E-state index in [9.17, 15) is 9.59 Å². The predicted molar refractivity (Wildman–Crippen MR) is 115 cm³/mol. The van der Waals surface area contributed by atoms with Gasteiger partial charge in [-0.15, -0.1) is 12.4 Å². The summed E-state index contributed by atoms with van der Waals surface area (Å²) >= 11 is 5.88. The van der Waals surface area contributed by atoms with E-state index in [-0.39, 0.29) is 30.1 Å². The fourth-order valence-corrected chi connectivity index (χ4v) is 3.44. The van der Waals surface area contributed by atoms with Gasteiger partial charge in [0.05, 0.1) is 5.92 Å². The van der Waals surface area contributed by atoms with Crippen LogP contribution >= 0.6 is 24.0 Å². The maximum Gasteiger partial charge on any atom is 0.253 e. The molecular weight excluding hydrogens is 397 g/mol. The van der Waals surface area contributed by atoms with Crippen LogP contribution in [0.5, 0.6) is 0 Å². The van der Waals surface area contributed by atoms with Crippen LogP contribution in [0.25, 0.3) is 0 Å². The van der Waals surface area contributed by atoms with Crippen molar-refractivity contribution >= 4 is 41.5 Å². The molecule has 2 aromatic rings. The number of hydrogen-bond donors (Lipinski definition) is 2. The molecule has 28 heavy (non-hydrogen) atoms. The van der Waals surface area contributed by atoms with Crippen molar-refractivity contribution in [3.05, 3.63) is 64.7 Å². The first-order valence-electron chi connectivity index (χ1n) is 9.20. The molecule has 3 N–H and O–H groups in total. The second-order valence-corrected chi connectivity index (χ2v) is 7.32. The maximum atomic E-state index is 12.6. The minimum absolute atomic E-state index is 0. The summed E-state index contributed by atoms with van der Waals surface area (Å²) in [5.41, 5.74) is 8.14. The Morgan fingerprint density at radius 3 is 2.46 bits per heavy atom. The highest BCUT2D eigenvalue weighted by Gasteiger charge is 2.28. The lowest BCUT2D eigenvalue weighted by molar-refractivity contribution is -0.126. The van der Waals surface area contributed by atoms with Crippen LogP contribution in [0.15, 0.2) is 48.5 Å². The van der Waals surface area contributed by atoms with Crippen molar-refractivity contribution in [3.8, 4) is 0 Å². The molecule has 150 valence electrons. The van der Waals surface area contributed by atoms with Gasteiger partial charge in [0.1, 0.15) is 0 Å². The van der Waals surface area contributed by atoms with Crippen LogP contribution in [-0.2, 0) is 11.2 Å². The standard InChI is InChI=1S/C21H24ClN3O2.ClH/c22-18-7-5-16(6-8-18)21(27)25-13-1-2-17(14-25)20(26)24-12-11-15-3-9-19(23)10-4-15;/h3-10,17H,1-2,11-14,23H2,(H,24,26);1H. The van der Waals surface area contributed by atoms with E-state index in [1.165, 1.54) is 0 Å². The van der Waals surface area contributed by atoms with E-state index in [0.717, 1.165) is 30.5 Å². The molecule has 0 bridgehead atoms. The van der Waals surface area contributed by atoms with Crippen molar-refractivity contribution in [2.24, 2.45) is 5.92 Å². The predicted octanol–water partition coefficient (Wildman–Crippen LogP) is 3.56. The number of likely N-dealkylation sites (tertiary alicyclic amines) is 1. The van der Waals surface area contributed by atoms with E-state index in [4.69, 9.17) is 17.3 Å². The van der Waals surface area contributed by atoms with Crippen LogP contribution in [0.4, 0.5) is 5.69 Å². The molecule has 1 heterocycles. The van der Waals surface area contributed by atoms with Gasteiger partial charge in [0, 0.05) is 35.9 Å². The first kappa shape index (κ1) is 22.1. The largest absolute Gasteiger partial charge is 0.399 e. The molecule has 2 amide bonds. The molecule has 0 aromatic heterocycles. The maximum absolute atomic E-state index is 12.6. The number of nitrogens with two attached hydrogens (primary N) is 1. The normalized spacial score (nSPS) is 16.2. The Bertz CT molecular complexity index is 794. The van der Waals surface area contributed by atoms with Gasteiger partial charge in [-0.05, 0) is 61.2 Å². The summed E-state index contributed by atoms with van der Waals surface area (Å²) in [7, 11) is 0. The molecular formula is C21H25Cl2N3O2. The quantitative estimate of drug-likeness (QED) is 0.724. The number of piperidine rings is 1. The Labute approximate surface area is 176 Å². The smallest absolute Gasteiger partial charge is 0.253 e. The van der Waals surface area contributed by atoms with E-state index in [1.54, 1.807) is 29.2 Å². The zero-order valence-corrected chi connectivity index (χ0v) is 17.1. The number of benzene rings is 2. The van der Waals surface area contributed by atoms with E-state index < -0.39 is 0 Å². The Morgan fingerprint density at radius 1 is 1.11 bits per heavy atom. The van der Waals surface area contributed by atoms with Gasteiger partial charge in [-0.3, -0.25) is 9.59 Å². The van der Waals surface area contributed by atoms with Crippen molar-refractivity contribution in [3.63, 3.8) is 0 Å². The molecule has 3 rings (SSSR count). The van der Waals surface area contributed by atoms with Crippen LogP contribution in [-0.4, -0.2) is 36.3 Å². The molecule has 1 unspecified atom stereocenters.